The van der Waals surface area contributed by atoms with Gasteiger partial charge in [0.15, 0.2) is 0 Å². The van der Waals surface area contributed by atoms with E-state index in [1.165, 1.54) is 37.7 Å². The van der Waals surface area contributed by atoms with E-state index in [1.807, 2.05) is 12.1 Å². The van der Waals surface area contributed by atoms with E-state index in [9.17, 15) is 0 Å². The van der Waals surface area contributed by atoms with Gasteiger partial charge in [0.25, 0.3) is 0 Å². The lowest BCUT2D eigenvalue weighted by atomic mass is 9.90. The first-order valence-electron chi connectivity index (χ1n) is 7.15. The molecule has 0 radical (unpaired) electrons. The number of halogens is 1. The minimum absolute atomic E-state index is 0.216. The molecule has 19 heavy (non-hydrogen) atoms. The molecule has 1 aliphatic carbocycles. The lowest BCUT2D eigenvalue weighted by molar-refractivity contribution is 0.0345. The number of benzene rings is 1. The van der Waals surface area contributed by atoms with Gasteiger partial charge in [-0.2, -0.15) is 0 Å². The largest absolute Gasteiger partial charge is 0.497 e. The van der Waals surface area contributed by atoms with Crippen molar-refractivity contribution in [3.63, 3.8) is 0 Å². The Balaban J connectivity index is 1.87. The summed E-state index contributed by atoms with van der Waals surface area (Å²) in [5, 5.41) is 0. The average molecular weight is 374 g/mol. The number of rotatable bonds is 6. The highest BCUT2D eigenvalue weighted by atomic mass is 127. The molecule has 1 fully saturated rings. The first-order valence-corrected chi connectivity index (χ1v) is 8.67. The Bertz CT molecular complexity index is 358. The second kappa shape index (κ2) is 8.10. The van der Waals surface area contributed by atoms with Crippen LogP contribution >= 0.6 is 22.6 Å². The van der Waals surface area contributed by atoms with E-state index in [1.54, 1.807) is 7.11 Å². The molecule has 2 nitrogen and oxygen atoms in total. The summed E-state index contributed by atoms with van der Waals surface area (Å²) in [6.45, 7) is 0.916. The molecule has 1 unspecified atom stereocenters. The van der Waals surface area contributed by atoms with Gasteiger partial charge in [-0.15, -0.1) is 0 Å². The van der Waals surface area contributed by atoms with Crippen LogP contribution < -0.4 is 4.74 Å². The predicted octanol–water partition coefficient (Wildman–Crippen LogP) is 4.77. The van der Waals surface area contributed by atoms with Crippen molar-refractivity contribution in [1.29, 1.82) is 0 Å². The third-order valence-electron chi connectivity index (χ3n) is 3.89. The molecule has 1 atom stereocenters. The molecule has 1 aliphatic rings. The number of hydrogen-bond acceptors (Lipinski definition) is 2. The molecule has 2 rings (SSSR count). The highest BCUT2D eigenvalue weighted by molar-refractivity contribution is 14.1. The van der Waals surface area contributed by atoms with Crippen molar-refractivity contribution in [1.82, 2.24) is 0 Å². The van der Waals surface area contributed by atoms with E-state index in [4.69, 9.17) is 9.47 Å². The SMILES string of the molecule is COc1ccc(C(CI)OCC2CCCCC2)cc1. The summed E-state index contributed by atoms with van der Waals surface area (Å²) < 4.78 is 12.3. The first kappa shape index (κ1) is 15.1. The number of hydrogen-bond donors (Lipinski definition) is 0. The third-order valence-corrected chi connectivity index (χ3v) is 4.69. The first-order chi connectivity index (χ1) is 9.33. The van der Waals surface area contributed by atoms with E-state index in [0.29, 0.717) is 0 Å². The lowest BCUT2D eigenvalue weighted by Gasteiger charge is -2.24. The number of methoxy groups -OCH3 is 1. The maximum atomic E-state index is 6.14. The fourth-order valence-electron chi connectivity index (χ4n) is 2.65. The monoisotopic (exact) mass is 374 g/mol. The Labute approximate surface area is 130 Å². The van der Waals surface area contributed by atoms with Gasteiger partial charge in [0.2, 0.25) is 0 Å². The Kier molecular flexibility index (Phi) is 6.44. The van der Waals surface area contributed by atoms with Crippen molar-refractivity contribution in [2.24, 2.45) is 5.92 Å². The Morgan fingerprint density at radius 2 is 1.84 bits per heavy atom. The fraction of sp³-hybridized carbons (Fsp3) is 0.625. The average Bonchev–Trinajstić information content (AvgIpc) is 2.49. The molecule has 1 aromatic rings. The summed E-state index contributed by atoms with van der Waals surface area (Å²) in [6.07, 6.45) is 7.07. The third kappa shape index (κ3) is 4.63. The van der Waals surface area contributed by atoms with Crippen molar-refractivity contribution >= 4 is 22.6 Å². The zero-order valence-electron chi connectivity index (χ0n) is 11.6. The minimum atomic E-state index is 0.216. The quantitative estimate of drug-likeness (QED) is 0.528. The van der Waals surface area contributed by atoms with Gasteiger partial charge in [-0.05, 0) is 36.5 Å². The molecule has 0 saturated heterocycles. The van der Waals surface area contributed by atoms with Gasteiger partial charge < -0.3 is 9.47 Å². The van der Waals surface area contributed by atoms with Gasteiger partial charge in [0, 0.05) is 4.43 Å². The summed E-state index contributed by atoms with van der Waals surface area (Å²) in [5.41, 5.74) is 1.26. The molecule has 3 heteroatoms. The molecule has 0 aromatic heterocycles. The molecule has 0 N–H and O–H groups in total. The van der Waals surface area contributed by atoms with Gasteiger partial charge in [0.05, 0.1) is 19.8 Å². The van der Waals surface area contributed by atoms with Crippen LogP contribution in [0.5, 0.6) is 5.75 Å². The zero-order valence-corrected chi connectivity index (χ0v) is 13.8. The topological polar surface area (TPSA) is 18.5 Å². The minimum Gasteiger partial charge on any atom is -0.497 e. The van der Waals surface area contributed by atoms with Crippen molar-refractivity contribution in [2.45, 2.75) is 38.2 Å². The number of alkyl halides is 1. The second-order valence-electron chi connectivity index (χ2n) is 5.25. The van der Waals surface area contributed by atoms with Gasteiger partial charge in [-0.3, -0.25) is 0 Å². The maximum absolute atomic E-state index is 6.14. The molecule has 0 aliphatic heterocycles. The van der Waals surface area contributed by atoms with Crippen LogP contribution in [0.1, 0.15) is 43.8 Å². The molecular formula is C16H23IO2. The lowest BCUT2D eigenvalue weighted by Crippen LogP contribution is -2.16. The van der Waals surface area contributed by atoms with E-state index < -0.39 is 0 Å². The number of ether oxygens (including phenoxy) is 2. The Morgan fingerprint density at radius 3 is 2.42 bits per heavy atom. The molecular weight excluding hydrogens is 351 g/mol. The van der Waals surface area contributed by atoms with E-state index in [-0.39, 0.29) is 6.10 Å². The van der Waals surface area contributed by atoms with Crippen LogP contribution in [0.4, 0.5) is 0 Å². The van der Waals surface area contributed by atoms with Crippen LogP contribution in [0, 0.1) is 5.92 Å². The Morgan fingerprint density at radius 1 is 1.16 bits per heavy atom. The smallest absolute Gasteiger partial charge is 0.118 e. The van der Waals surface area contributed by atoms with Gasteiger partial charge in [-0.25, -0.2) is 0 Å². The summed E-state index contributed by atoms with van der Waals surface area (Å²) >= 11 is 2.41. The van der Waals surface area contributed by atoms with Crippen LogP contribution in [0.3, 0.4) is 0 Å². The van der Waals surface area contributed by atoms with E-state index >= 15 is 0 Å². The predicted molar refractivity (Wildman–Crippen MR) is 87.1 cm³/mol. The van der Waals surface area contributed by atoms with Crippen molar-refractivity contribution < 1.29 is 9.47 Å². The molecule has 1 aromatic carbocycles. The van der Waals surface area contributed by atoms with E-state index in [0.717, 1.165) is 22.7 Å². The summed E-state index contributed by atoms with van der Waals surface area (Å²) in [4.78, 5) is 0. The van der Waals surface area contributed by atoms with Crippen LogP contribution in [-0.2, 0) is 4.74 Å². The summed E-state index contributed by atoms with van der Waals surface area (Å²) in [7, 11) is 1.70. The standard InChI is InChI=1S/C16H23IO2/c1-18-15-9-7-14(8-10-15)16(11-17)19-12-13-5-3-2-4-6-13/h7-10,13,16H,2-6,11-12H2,1H3. The van der Waals surface area contributed by atoms with Crippen molar-refractivity contribution in [3.8, 4) is 5.75 Å². The van der Waals surface area contributed by atoms with Gasteiger partial charge >= 0.3 is 0 Å². The van der Waals surface area contributed by atoms with Gasteiger partial charge in [-0.1, -0.05) is 54.0 Å². The highest BCUT2D eigenvalue weighted by Gasteiger charge is 2.17. The molecule has 106 valence electrons. The normalized spacial score (nSPS) is 18.2. The highest BCUT2D eigenvalue weighted by Crippen LogP contribution is 2.28. The molecule has 0 amide bonds. The Hall–Kier alpha value is -0.290. The maximum Gasteiger partial charge on any atom is 0.118 e. The van der Waals surface area contributed by atoms with Crippen LogP contribution in [-0.4, -0.2) is 18.1 Å². The molecule has 0 heterocycles. The van der Waals surface area contributed by atoms with Crippen LogP contribution in [0.15, 0.2) is 24.3 Å². The molecule has 0 spiro atoms. The molecule has 1 saturated carbocycles. The van der Waals surface area contributed by atoms with E-state index in [2.05, 4.69) is 34.7 Å². The summed E-state index contributed by atoms with van der Waals surface area (Å²) in [5.74, 6) is 1.68. The van der Waals surface area contributed by atoms with Crippen molar-refractivity contribution in [3.05, 3.63) is 29.8 Å². The van der Waals surface area contributed by atoms with Gasteiger partial charge in [0.1, 0.15) is 5.75 Å². The zero-order chi connectivity index (χ0) is 13.5. The van der Waals surface area contributed by atoms with Crippen LogP contribution in [0.25, 0.3) is 0 Å². The summed E-state index contributed by atoms with van der Waals surface area (Å²) in [6, 6.07) is 8.25. The molecule has 0 bridgehead atoms. The second-order valence-corrected chi connectivity index (χ2v) is 6.13. The fourth-order valence-corrected chi connectivity index (χ4v) is 3.42. The van der Waals surface area contributed by atoms with Crippen molar-refractivity contribution in [2.75, 3.05) is 18.1 Å². The van der Waals surface area contributed by atoms with Crippen LogP contribution in [0.2, 0.25) is 0 Å².